The largest absolute Gasteiger partial charge is 0.374 e. The number of nitrogens with one attached hydrogen (secondary N) is 1. The Morgan fingerprint density at radius 3 is 2.50 bits per heavy atom. The van der Waals surface area contributed by atoms with Crippen molar-refractivity contribution in [3.63, 3.8) is 0 Å². The van der Waals surface area contributed by atoms with Crippen LogP contribution in [0.15, 0.2) is 0 Å². The van der Waals surface area contributed by atoms with Crippen LogP contribution in [0.2, 0.25) is 0 Å². The van der Waals surface area contributed by atoms with E-state index in [1.54, 1.807) is 0 Å². The quantitative estimate of drug-likeness (QED) is 0.831. The van der Waals surface area contributed by atoms with Gasteiger partial charge in [0.25, 0.3) is 0 Å². The molecule has 5 unspecified atom stereocenters. The second-order valence-corrected chi connectivity index (χ2v) is 7.01. The number of rotatable bonds is 3. The lowest BCUT2D eigenvalue weighted by molar-refractivity contribution is -0.105. The molecular formula is C16H31NO. The van der Waals surface area contributed by atoms with E-state index in [1.807, 2.05) is 0 Å². The molecule has 0 bridgehead atoms. The molecule has 1 heterocycles. The molecule has 0 aromatic heterocycles. The molecule has 0 amide bonds. The van der Waals surface area contributed by atoms with Crippen molar-refractivity contribution in [3.8, 4) is 0 Å². The van der Waals surface area contributed by atoms with Gasteiger partial charge in [-0.25, -0.2) is 0 Å². The Bertz CT molecular complexity index is 253. The van der Waals surface area contributed by atoms with Gasteiger partial charge in [-0.3, -0.25) is 0 Å². The Kier molecular flexibility index (Phi) is 5.08. The molecule has 0 spiro atoms. The minimum Gasteiger partial charge on any atom is -0.374 e. The summed E-state index contributed by atoms with van der Waals surface area (Å²) in [6.45, 7) is 11.7. The molecule has 1 N–H and O–H groups in total. The molecule has 0 aromatic rings. The minimum atomic E-state index is 0.489. The second kappa shape index (κ2) is 6.38. The SMILES string of the molecule is CC1CCC(C(C)C)C(OC2CCNCC2C)C1. The number of hydrogen-bond acceptors (Lipinski definition) is 2. The zero-order valence-corrected chi connectivity index (χ0v) is 12.6. The van der Waals surface area contributed by atoms with Gasteiger partial charge in [-0.05, 0) is 49.5 Å². The molecule has 1 saturated carbocycles. The molecule has 1 aliphatic heterocycles. The average Bonchev–Trinajstić information content (AvgIpc) is 2.32. The first-order valence-corrected chi connectivity index (χ1v) is 7.94. The summed E-state index contributed by atoms with van der Waals surface area (Å²) in [6.07, 6.45) is 6.23. The maximum atomic E-state index is 6.55. The Labute approximate surface area is 113 Å². The molecular weight excluding hydrogens is 222 g/mol. The molecule has 2 aliphatic rings. The third kappa shape index (κ3) is 3.48. The lowest BCUT2D eigenvalue weighted by Gasteiger charge is -2.41. The highest BCUT2D eigenvalue weighted by atomic mass is 16.5. The second-order valence-electron chi connectivity index (χ2n) is 7.01. The van der Waals surface area contributed by atoms with E-state index < -0.39 is 0 Å². The summed E-state index contributed by atoms with van der Waals surface area (Å²) in [5.41, 5.74) is 0. The van der Waals surface area contributed by atoms with Crippen LogP contribution in [-0.2, 0) is 4.74 Å². The van der Waals surface area contributed by atoms with E-state index >= 15 is 0 Å². The van der Waals surface area contributed by atoms with Crippen LogP contribution in [0.25, 0.3) is 0 Å². The molecule has 1 aliphatic carbocycles. The summed E-state index contributed by atoms with van der Waals surface area (Å²) >= 11 is 0. The lowest BCUT2D eigenvalue weighted by Crippen LogP contribution is -2.44. The fourth-order valence-electron chi connectivity index (χ4n) is 3.69. The van der Waals surface area contributed by atoms with Crippen LogP contribution in [0.5, 0.6) is 0 Å². The highest BCUT2D eigenvalue weighted by molar-refractivity contribution is 4.84. The topological polar surface area (TPSA) is 21.3 Å². The highest BCUT2D eigenvalue weighted by Gasteiger charge is 2.34. The van der Waals surface area contributed by atoms with Crippen molar-refractivity contribution in [2.45, 2.75) is 65.6 Å². The lowest BCUT2D eigenvalue weighted by atomic mass is 9.75. The monoisotopic (exact) mass is 253 g/mol. The third-order valence-corrected chi connectivity index (χ3v) is 5.02. The van der Waals surface area contributed by atoms with Crippen LogP contribution < -0.4 is 5.32 Å². The van der Waals surface area contributed by atoms with Crippen molar-refractivity contribution in [3.05, 3.63) is 0 Å². The van der Waals surface area contributed by atoms with Crippen molar-refractivity contribution >= 4 is 0 Å². The first-order chi connectivity index (χ1) is 8.58. The summed E-state index contributed by atoms with van der Waals surface area (Å²) in [4.78, 5) is 0. The van der Waals surface area contributed by atoms with Crippen molar-refractivity contribution in [1.29, 1.82) is 0 Å². The molecule has 2 nitrogen and oxygen atoms in total. The zero-order chi connectivity index (χ0) is 13.1. The predicted octanol–water partition coefficient (Wildman–Crippen LogP) is 3.46. The van der Waals surface area contributed by atoms with Crippen molar-refractivity contribution in [2.75, 3.05) is 13.1 Å². The molecule has 106 valence electrons. The molecule has 5 atom stereocenters. The Balaban J connectivity index is 1.95. The van der Waals surface area contributed by atoms with Crippen LogP contribution in [0.4, 0.5) is 0 Å². The first kappa shape index (κ1) is 14.3. The van der Waals surface area contributed by atoms with Gasteiger partial charge in [-0.2, -0.15) is 0 Å². The maximum absolute atomic E-state index is 6.55. The summed E-state index contributed by atoms with van der Waals surface area (Å²) < 4.78 is 6.55. The van der Waals surface area contributed by atoms with E-state index in [2.05, 4.69) is 33.0 Å². The van der Waals surface area contributed by atoms with E-state index in [-0.39, 0.29) is 0 Å². The molecule has 0 radical (unpaired) electrons. The Morgan fingerprint density at radius 2 is 1.83 bits per heavy atom. The average molecular weight is 253 g/mol. The van der Waals surface area contributed by atoms with Crippen LogP contribution in [0.1, 0.15) is 53.4 Å². The van der Waals surface area contributed by atoms with Crippen LogP contribution in [0, 0.1) is 23.7 Å². The summed E-state index contributed by atoms with van der Waals surface area (Å²) in [5.74, 6) is 3.06. The van der Waals surface area contributed by atoms with Crippen molar-refractivity contribution in [1.82, 2.24) is 5.32 Å². The minimum absolute atomic E-state index is 0.489. The first-order valence-electron chi connectivity index (χ1n) is 7.94. The van der Waals surface area contributed by atoms with Gasteiger partial charge in [0.2, 0.25) is 0 Å². The molecule has 0 aromatic carbocycles. The summed E-state index contributed by atoms with van der Waals surface area (Å²) in [5, 5.41) is 3.46. The number of hydrogen-bond donors (Lipinski definition) is 1. The smallest absolute Gasteiger partial charge is 0.0628 e. The summed E-state index contributed by atoms with van der Waals surface area (Å²) in [6, 6.07) is 0. The molecule has 18 heavy (non-hydrogen) atoms. The molecule has 1 saturated heterocycles. The Hall–Kier alpha value is -0.0800. The van der Waals surface area contributed by atoms with Crippen LogP contribution in [-0.4, -0.2) is 25.3 Å². The molecule has 2 fully saturated rings. The van der Waals surface area contributed by atoms with Crippen LogP contribution in [0.3, 0.4) is 0 Å². The normalized spacial score (nSPS) is 42.2. The van der Waals surface area contributed by atoms with E-state index in [9.17, 15) is 0 Å². The van der Waals surface area contributed by atoms with Gasteiger partial charge >= 0.3 is 0 Å². The molecule has 2 heteroatoms. The summed E-state index contributed by atoms with van der Waals surface area (Å²) in [7, 11) is 0. The standard InChI is InChI=1S/C16H31NO/c1-11(2)14-6-5-12(3)9-16(14)18-15-7-8-17-10-13(15)4/h11-17H,5-10H2,1-4H3. The fourth-order valence-corrected chi connectivity index (χ4v) is 3.69. The number of ether oxygens (including phenoxy) is 1. The number of piperidine rings is 1. The third-order valence-electron chi connectivity index (χ3n) is 5.02. The van der Waals surface area contributed by atoms with Gasteiger partial charge in [0.05, 0.1) is 12.2 Å². The Morgan fingerprint density at radius 1 is 1.06 bits per heavy atom. The van der Waals surface area contributed by atoms with E-state index in [0.717, 1.165) is 30.8 Å². The van der Waals surface area contributed by atoms with Gasteiger partial charge in [0.15, 0.2) is 0 Å². The van der Waals surface area contributed by atoms with Gasteiger partial charge in [0, 0.05) is 6.54 Å². The zero-order valence-electron chi connectivity index (χ0n) is 12.6. The maximum Gasteiger partial charge on any atom is 0.0628 e. The van der Waals surface area contributed by atoms with E-state index in [0.29, 0.717) is 18.1 Å². The van der Waals surface area contributed by atoms with Crippen LogP contribution >= 0.6 is 0 Å². The van der Waals surface area contributed by atoms with Crippen molar-refractivity contribution in [2.24, 2.45) is 23.7 Å². The molecule has 2 rings (SSSR count). The van der Waals surface area contributed by atoms with Gasteiger partial charge < -0.3 is 10.1 Å². The van der Waals surface area contributed by atoms with Gasteiger partial charge in [0.1, 0.15) is 0 Å². The highest BCUT2D eigenvalue weighted by Crippen LogP contribution is 2.36. The van der Waals surface area contributed by atoms with Gasteiger partial charge in [-0.1, -0.05) is 34.1 Å². The fraction of sp³-hybridized carbons (Fsp3) is 1.00. The van der Waals surface area contributed by atoms with E-state index in [1.165, 1.54) is 25.7 Å². The van der Waals surface area contributed by atoms with Gasteiger partial charge in [-0.15, -0.1) is 0 Å². The predicted molar refractivity (Wildman–Crippen MR) is 76.7 cm³/mol. The van der Waals surface area contributed by atoms with Crippen molar-refractivity contribution < 1.29 is 4.74 Å². The van der Waals surface area contributed by atoms with E-state index in [4.69, 9.17) is 4.74 Å².